The van der Waals surface area contributed by atoms with Gasteiger partial charge in [0.25, 0.3) is 0 Å². The summed E-state index contributed by atoms with van der Waals surface area (Å²) in [7, 11) is 0. The van der Waals surface area contributed by atoms with E-state index in [1.807, 2.05) is 36.4 Å². The monoisotopic (exact) mass is 443 g/mol. The van der Waals surface area contributed by atoms with Crippen LogP contribution in [0.15, 0.2) is 89.5 Å². The van der Waals surface area contributed by atoms with Crippen LogP contribution in [0.5, 0.6) is 0 Å². The van der Waals surface area contributed by atoms with Crippen LogP contribution in [0.3, 0.4) is 0 Å². The maximum atomic E-state index is 6.14. The lowest BCUT2D eigenvalue weighted by molar-refractivity contribution is 0.343. The van der Waals surface area contributed by atoms with Crippen molar-refractivity contribution in [3.05, 3.63) is 90.0 Å². The van der Waals surface area contributed by atoms with Crippen LogP contribution < -0.4 is 4.90 Å². The number of hydrogen-bond donors (Lipinski definition) is 0. The number of benzene rings is 3. The summed E-state index contributed by atoms with van der Waals surface area (Å²) in [6.07, 6.45) is 2.56. The lowest BCUT2D eigenvalue weighted by atomic mass is 10.0. The summed E-state index contributed by atoms with van der Waals surface area (Å²) in [6, 6.07) is 28.6. The molecule has 0 aliphatic carbocycles. The Morgan fingerprint density at radius 2 is 1.47 bits per heavy atom. The van der Waals surface area contributed by atoms with Crippen molar-refractivity contribution in [2.45, 2.75) is 12.8 Å². The molecule has 1 fully saturated rings. The van der Waals surface area contributed by atoms with Gasteiger partial charge in [-0.2, -0.15) is 0 Å². The van der Waals surface area contributed by atoms with Gasteiger partial charge in [0.1, 0.15) is 5.69 Å². The van der Waals surface area contributed by atoms with Gasteiger partial charge < -0.3 is 14.3 Å². The largest absolute Gasteiger partial charge is 0.337 e. The van der Waals surface area contributed by atoms with Crippen LogP contribution in [0, 0.1) is 0 Å². The second-order valence-electron chi connectivity index (χ2n) is 8.12. The van der Waals surface area contributed by atoms with E-state index in [1.165, 1.54) is 25.9 Å². The number of aromatic nitrogens is 1. The van der Waals surface area contributed by atoms with E-state index in [0.29, 0.717) is 5.02 Å². The average molecular weight is 444 g/mol. The molecule has 1 aliphatic heterocycles. The zero-order valence-corrected chi connectivity index (χ0v) is 18.7. The first-order chi connectivity index (χ1) is 15.8. The lowest BCUT2D eigenvalue weighted by Crippen LogP contribution is -2.31. The number of halogens is 1. The van der Waals surface area contributed by atoms with Crippen molar-refractivity contribution >= 4 is 23.2 Å². The highest BCUT2D eigenvalue weighted by Gasteiger charge is 2.25. The molecule has 0 radical (unpaired) electrons. The number of anilines is 2. The van der Waals surface area contributed by atoms with Gasteiger partial charge in [0.2, 0.25) is 5.88 Å². The Bertz CT molecular complexity index is 1140. The average Bonchev–Trinajstić information content (AvgIpc) is 3.52. The topological polar surface area (TPSA) is 32.5 Å². The van der Waals surface area contributed by atoms with Crippen molar-refractivity contribution in [1.29, 1.82) is 0 Å². The molecule has 0 atom stereocenters. The highest BCUT2D eigenvalue weighted by Crippen LogP contribution is 2.42. The van der Waals surface area contributed by atoms with Gasteiger partial charge in [0, 0.05) is 29.4 Å². The molecule has 3 aromatic carbocycles. The molecule has 1 saturated heterocycles. The van der Waals surface area contributed by atoms with Gasteiger partial charge in [-0.05, 0) is 55.8 Å². The first kappa shape index (κ1) is 20.8. The summed E-state index contributed by atoms with van der Waals surface area (Å²) in [4.78, 5) is 4.78. The predicted molar refractivity (Wildman–Crippen MR) is 132 cm³/mol. The highest BCUT2D eigenvalue weighted by molar-refractivity contribution is 6.30. The summed E-state index contributed by atoms with van der Waals surface area (Å²) < 4.78 is 6.09. The number of para-hydroxylation sites is 1. The van der Waals surface area contributed by atoms with E-state index < -0.39 is 0 Å². The molecule has 32 heavy (non-hydrogen) atoms. The van der Waals surface area contributed by atoms with E-state index in [0.717, 1.165) is 47.0 Å². The van der Waals surface area contributed by atoms with Gasteiger partial charge in [-0.3, -0.25) is 0 Å². The first-order valence-electron chi connectivity index (χ1n) is 11.2. The van der Waals surface area contributed by atoms with Gasteiger partial charge in [-0.1, -0.05) is 77.4 Å². The maximum absolute atomic E-state index is 6.14. The Balaban J connectivity index is 1.61. The Kier molecular flexibility index (Phi) is 6.24. The maximum Gasteiger partial charge on any atom is 0.240 e. The van der Waals surface area contributed by atoms with Gasteiger partial charge in [0.05, 0.1) is 5.56 Å². The van der Waals surface area contributed by atoms with Crippen LogP contribution in [-0.4, -0.2) is 36.2 Å². The minimum atomic E-state index is 0.704. The normalized spacial score (nSPS) is 14.0. The van der Waals surface area contributed by atoms with E-state index in [-0.39, 0.29) is 0 Å². The number of likely N-dealkylation sites (tertiary alicyclic amines) is 1. The van der Waals surface area contributed by atoms with Crippen LogP contribution in [0.2, 0.25) is 5.02 Å². The van der Waals surface area contributed by atoms with Crippen molar-refractivity contribution in [2.24, 2.45) is 0 Å². The molecular formula is C27H26ClN3O. The van der Waals surface area contributed by atoms with Crippen LogP contribution in [0.4, 0.5) is 11.6 Å². The molecule has 5 rings (SSSR count). The van der Waals surface area contributed by atoms with E-state index >= 15 is 0 Å². The van der Waals surface area contributed by atoms with Crippen molar-refractivity contribution < 1.29 is 4.52 Å². The fraction of sp³-hybridized carbons (Fsp3) is 0.222. The third kappa shape index (κ3) is 4.43. The van der Waals surface area contributed by atoms with Crippen molar-refractivity contribution in [1.82, 2.24) is 10.1 Å². The summed E-state index contributed by atoms with van der Waals surface area (Å²) in [5, 5.41) is 5.25. The van der Waals surface area contributed by atoms with E-state index in [4.69, 9.17) is 16.1 Å². The van der Waals surface area contributed by atoms with Crippen LogP contribution in [0.1, 0.15) is 12.8 Å². The van der Waals surface area contributed by atoms with E-state index in [1.54, 1.807) is 0 Å². The third-order valence-corrected chi connectivity index (χ3v) is 6.26. The van der Waals surface area contributed by atoms with E-state index in [9.17, 15) is 0 Å². The molecule has 4 aromatic rings. The Hall–Kier alpha value is -3.08. The Labute approximate surface area is 194 Å². The third-order valence-electron chi connectivity index (χ3n) is 6.01. The van der Waals surface area contributed by atoms with Gasteiger partial charge >= 0.3 is 0 Å². The van der Waals surface area contributed by atoms with Crippen molar-refractivity contribution in [3.8, 4) is 22.4 Å². The number of hydrogen-bond acceptors (Lipinski definition) is 4. The van der Waals surface area contributed by atoms with Crippen molar-refractivity contribution in [3.63, 3.8) is 0 Å². The summed E-state index contributed by atoms with van der Waals surface area (Å²) in [6.45, 7) is 4.15. The summed E-state index contributed by atoms with van der Waals surface area (Å²) in [5.41, 5.74) is 4.98. The van der Waals surface area contributed by atoms with E-state index in [2.05, 4.69) is 63.5 Å². The molecule has 162 valence electrons. The molecule has 1 aliphatic rings. The Morgan fingerprint density at radius 1 is 0.812 bits per heavy atom. The molecule has 0 bridgehead atoms. The van der Waals surface area contributed by atoms with Crippen LogP contribution in [-0.2, 0) is 0 Å². The fourth-order valence-electron chi connectivity index (χ4n) is 4.34. The van der Waals surface area contributed by atoms with Gasteiger partial charge in [0.15, 0.2) is 0 Å². The second-order valence-corrected chi connectivity index (χ2v) is 8.56. The first-order valence-corrected chi connectivity index (χ1v) is 11.5. The molecule has 0 saturated carbocycles. The minimum absolute atomic E-state index is 0.704. The fourth-order valence-corrected chi connectivity index (χ4v) is 4.46. The molecule has 2 heterocycles. The standard InChI is InChI=1S/C27H26ClN3O/c28-23-15-13-22(14-16-23)26-25(21-9-3-1-4-10-21)27(32-29-26)31(24-11-5-2-6-12-24)20-19-30-17-7-8-18-30/h1-6,9-16H,7-8,17-20H2. The molecule has 1 aromatic heterocycles. The highest BCUT2D eigenvalue weighted by atomic mass is 35.5. The molecule has 4 nitrogen and oxygen atoms in total. The minimum Gasteiger partial charge on any atom is -0.337 e. The molecule has 0 amide bonds. The molecule has 0 N–H and O–H groups in total. The SMILES string of the molecule is Clc1ccc(-c2noc(N(CCN3CCCC3)c3ccccc3)c2-c2ccccc2)cc1. The number of rotatable bonds is 7. The van der Waals surface area contributed by atoms with Crippen LogP contribution >= 0.6 is 11.6 Å². The van der Waals surface area contributed by atoms with Crippen LogP contribution in [0.25, 0.3) is 22.4 Å². The van der Waals surface area contributed by atoms with Gasteiger partial charge in [-0.25, -0.2) is 0 Å². The zero-order chi connectivity index (χ0) is 21.8. The summed E-state index contributed by atoms with van der Waals surface area (Å²) in [5.74, 6) is 0.770. The predicted octanol–water partition coefficient (Wildman–Crippen LogP) is 6.90. The molecule has 0 unspecified atom stereocenters. The molecular weight excluding hydrogens is 418 g/mol. The number of nitrogens with zero attached hydrogens (tertiary/aromatic N) is 3. The summed E-state index contributed by atoms with van der Waals surface area (Å²) >= 11 is 6.14. The lowest BCUT2D eigenvalue weighted by Gasteiger charge is -2.25. The van der Waals surface area contributed by atoms with Crippen molar-refractivity contribution in [2.75, 3.05) is 31.1 Å². The molecule has 0 spiro atoms. The molecule has 5 heteroatoms. The quantitative estimate of drug-likeness (QED) is 0.311. The smallest absolute Gasteiger partial charge is 0.240 e. The Morgan fingerprint density at radius 3 is 2.16 bits per heavy atom. The zero-order valence-electron chi connectivity index (χ0n) is 18.0. The van der Waals surface area contributed by atoms with Gasteiger partial charge in [-0.15, -0.1) is 0 Å². The second kappa shape index (κ2) is 9.60.